The number of hydrogen-bond acceptors (Lipinski definition) is 12. The van der Waals surface area contributed by atoms with Gasteiger partial charge in [-0.3, -0.25) is 47.9 Å². The Morgan fingerprint density at radius 1 is 0.623 bits per heavy atom. The number of carbonyl (C=O) groups excluding carboxylic acids is 10. The van der Waals surface area contributed by atoms with Gasteiger partial charge in [-0.25, -0.2) is 0 Å². The maximum absolute atomic E-state index is 14.9. The SMILES string of the molecule is CC(C)C[C@H]1C(=O)N[C@@H](COC(C)(C)C)C(=O)N[C@H](C(=O)N2CCCCC2)CC(=O)N(C)[C@@H](C)C(=O)N(C)[C@@H](C)C(=O)N(C)[C@@H](Cc2ccccc2)C(=O)N(C)[C@@H](CC(C)C)C(=O)N[C@@H]([C@@H](C)O)C(=O)N(C)CC(=O)N1C. The first-order chi connectivity index (χ1) is 35.8. The summed E-state index contributed by atoms with van der Waals surface area (Å²) >= 11 is 0. The Balaban J connectivity index is 2.25. The van der Waals surface area contributed by atoms with Crippen molar-refractivity contribution in [1.82, 2.24) is 50.2 Å². The fourth-order valence-corrected chi connectivity index (χ4v) is 9.22. The molecular formula is C55H90N10O12. The fourth-order valence-electron chi connectivity index (χ4n) is 9.22. The number of likely N-dealkylation sites (tertiary alicyclic amines) is 1. The van der Waals surface area contributed by atoms with E-state index in [-0.39, 0.29) is 37.7 Å². The first-order valence-corrected chi connectivity index (χ1v) is 26.9. The number of nitrogens with zero attached hydrogens (tertiary/aromatic N) is 7. The number of benzene rings is 1. The highest BCUT2D eigenvalue weighted by Gasteiger charge is 2.42. The summed E-state index contributed by atoms with van der Waals surface area (Å²) in [4.78, 5) is 153. The van der Waals surface area contributed by atoms with Crippen molar-refractivity contribution >= 4 is 59.1 Å². The monoisotopic (exact) mass is 1080 g/mol. The van der Waals surface area contributed by atoms with Crippen LogP contribution in [0.15, 0.2) is 30.3 Å². The van der Waals surface area contributed by atoms with Gasteiger partial charge in [-0.2, -0.15) is 0 Å². The summed E-state index contributed by atoms with van der Waals surface area (Å²) in [5.41, 5.74) is -0.131. The van der Waals surface area contributed by atoms with Crippen LogP contribution >= 0.6 is 0 Å². The average Bonchev–Trinajstić information content (AvgIpc) is 3.38. The summed E-state index contributed by atoms with van der Waals surface area (Å²) in [6, 6.07) is -1.68. The summed E-state index contributed by atoms with van der Waals surface area (Å²) in [6.07, 6.45) is 0.401. The fraction of sp³-hybridized carbons (Fsp3) is 0.709. The van der Waals surface area contributed by atoms with E-state index in [0.29, 0.717) is 31.5 Å². The molecule has 3 rings (SSSR count). The van der Waals surface area contributed by atoms with Crippen LogP contribution in [0.5, 0.6) is 0 Å². The Labute approximate surface area is 456 Å². The summed E-state index contributed by atoms with van der Waals surface area (Å²) in [5, 5.41) is 19.1. The molecule has 2 heterocycles. The van der Waals surface area contributed by atoms with E-state index in [1.165, 1.54) is 72.9 Å². The lowest BCUT2D eigenvalue weighted by Gasteiger charge is -2.38. The van der Waals surface area contributed by atoms with Gasteiger partial charge in [-0.05, 0) is 91.0 Å². The molecule has 0 unspecified atom stereocenters. The molecule has 2 aliphatic rings. The molecule has 432 valence electrons. The van der Waals surface area contributed by atoms with E-state index in [4.69, 9.17) is 4.74 Å². The van der Waals surface area contributed by atoms with Crippen molar-refractivity contribution in [3.63, 3.8) is 0 Å². The van der Waals surface area contributed by atoms with Gasteiger partial charge in [-0.15, -0.1) is 0 Å². The van der Waals surface area contributed by atoms with Gasteiger partial charge in [0.1, 0.15) is 48.3 Å². The number of carbonyl (C=O) groups is 10. The van der Waals surface area contributed by atoms with Gasteiger partial charge in [0.15, 0.2) is 0 Å². The van der Waals surface area contributed by atoms with Crippen molar-refractivity contribution in [2.75, 3.05) is 68.5 Å². The zero-order chi connectivity index (χ0) is 58.4. The molecule has 2 fully saturated rings. The van der Waals surface area contributed by atoms with E-state index in [0.717, 1.165) is 26.0 Å². The van der Waals surface area contributed by atoms with Crippen molar-refractivity contribution in [1.29, 1.82) is 0 Å². The molecule has 0 radical (unpaired) electrons. The van der Waals surface area contributed by atoms with E-state index < -0.39 is 132 Å². The van der Waals surface area contributed by atoms with E-state index in [2.05, 4.69) is 16.0 Å². The number of aliphatic hydroxyl groups is 1. The molecule has 0 bridgehead atoms. The number of ether oxygens (including phenoxy) is 1. The molecular weight excluding hydrogens is 993 g/mol. The summed E-state index contributed by atoms with van der Waals surface area (Å²) in [5.74, 6) is -7.49. The van der Waals surface area contributed by atoms with E-state index in [1.807, 2.05) is 27.7 Å². The second-order valence-corrected chi connectivity index (χ2v) is 22.8. The van der Waals surface area contributed by atoms with Crippen molar-refractivity contribution in [3.05, 3.63) is 35.9 Å². The summed E-state index contributed by atoms with van der Waals surface area (Å²) in [7, 11) is 8.28. The quantitative estimate of drug-likeness (QED) is 0.256. The highest BCUT2D eigenvalue weighted by Crippen LogP contribution is 2.21. The van der Waals surface area contributed by atoms with Gasteiger partial charge >= 0.3 is 0 Å². The standard InChI is InChI=1S/C55H90N10O12/c1-33(2)27-41-48(70)57-40(32-77-55(8,9)10)47(69)56-39(52(74)65-25-21-18-22-26-65)30-44(67)60(12)35(5)50(72)61(13)36(6)51(73)64(16)43(29-38-23-19-17-20-24-38)53(75)63(15)42(28-34(3)4)49(71)58-46(37(7)66)54(76)59(11)31-45(68)62(41)14/h17,19-20,23-24,33-37,39-43,46,66H,18,21-22,25-32H2,1-16H3,(H,56,69)(H,57,70)(H,58,71)/t35-,36-,37+,39-,40-,41-,42-,43-,46-/m0/s1. The number of likely N-dealkylation sites (N-methyl/N-ethyl adjacent to an activating group) is 6. The molecule has 22 heteroatoms. The zero-order valence-corrected chi connectivity index (χ0v) is 48.6. The van der Waals surface area contributed by atoms with Crippen molar-refractivity contribution in [2.45, 2.75) is 174 Å². The third-order valence-corrected chi connectivity index (χ3v) is 14.4. The maximum Gasteiger partial charge on any atom is 0.248 e. The maximum atomic E-state index is 14.9. The Morgan fingerprint density at radius 3 is 1.66 bits per heavy atom. The van der Waals surface area contributed by atoms with Crippen molar-refractivity contribution in [2.24, 2.45) is 11.8 Å². The molecule has 4 N–H and O–H groups in total. The number of hydrogen-bond donors (Lipinski definition) is 4. The van der Waals surface area contributed by atoms with Crippen LogP contribution in [0.2, 0.25) is 0 Å². The van der Waals surface area contributed by atoms with Gasteiger partial charge in [0, 0.05) is 61.8 Å². The molecule has 1 aromatic carbocycles. The lowest BCUT2D eigenvalue weighted by Crippen LogP contribution is -2.61. The predicted octanol–water partition coefficient (Wildman–Crippen LogP) is 1.02. The van der Waals surface area contributed by atoms with Crippen LogP contribution in [0.1, 0.15) is 113 Å². The lowest BCUT2D eigenvalue weighted by molar-refractivity contribution is -0.153. The third kappa shape index (κ3) is 18.5. The van der Waals surface area contributed by atoms with Gasteiger partial charge in [-0.1, -0.05) is 58.0 Å². The Hall–Kier alpha value is -6.16. The molecule has 0 spiro atoms. The molecule has 0 aromatic heterocycles. The number of piperidine rings is 1. The highest BCUT2D eigenvalue weighted by atomic mass is 16.5. The molecule has 2 saturated heterocycles. The number of rotatable bonds is 10. The van der Waals surface area contributed by atoms with Crippen LogP contribution in [-0.2, 0) is 59.1 Å². The molecule has 1 aromatic rings. The second-order valence-electron chi connectivity index (χ2n) is 22.8. The van der Waals surface area contributed by atoms with E-state index >= 15 is 0 Å². The van der Waals surface area contributed by atoms with Crippen LogP contribution in [-0.4, -0.2) is 227 Å². The van der Waals surface area contributed by atoms with Gasteiger partial charge < -0.3 is 60.1 Å². The average molecular weight is 1080 g/mol. The Morgan fingerprint density at radius 2 is 1.13 bits per heavy atom. The molecule has 10 amide bonds. The molecule has 77 heavy (non-hydrogen) atoms. The smallest absolute Gasteiger partial charge is 0.248 e. The van der Waals surface area contributed by atoms with Crippen LogP contribution in [0, 0.1) is 11.8 Å². The minimum absolute atomic E-state index is 0.000246. The topological polar surface area (TPSA) is 259 Å². The molecule has 9 atom stereocenters. The normalized spacial score (nSPS) is 26.2. The van der Waals surface area contributed by atoms with Gasteiger partial charge in [0.2, 0.25) is 59.1 Å². The van der Waals surface area contributed by atoms with Gasteiger partial charge in [0.25, 0.3) is 0 Å². The Bertz CT molecular complexity index is 2230. The van der Waals surface area contributed by atoms with Crippen LogP contribution in [0.3, 0.4) is 0 Å². The molecule has 22 nitrogen and oxygen atoms in total. The number of aliphatic hydroxyl groups excluding tert-OH is 1. The molecule has 2 aliphatic heterocycles. The first-order valence-electron chi connectivity index (χ1n) is 26.9. The summed E-state index contributed by atoms with van der Waals surface area (Å²) in [6.45, 7) is 16.6. The second kappa shape index (κ2) is 29.0. The molecule has 0 aliphatic carbocycles. The van der Waals surface area contributed by atoms with Crippen LogP contribution in [0.4, 0.5) is 0 Å². The summed E-state index contributed by atoms with van der Waals surface area (Å²) < 4.78 is 6.02. The highest BCUT2D eigenvalue weighted by molar-refractivity contribution is 5.99. The van der Waals surface area contributed by atoms with Crippen LogP contribution < -0.4 is 16.0 Å². The first kappa shape index (κ1) is 65.1. The van der Waals surface area contributed by atoms with Crippen LogP contribution in [0.25, 0.3) is 0 Å². The Kier molecular flexibility index (Phi) is 24.5. The largest absolute Gasteiger partial charge is 0.391 e. The lowest BCUT2D eigenvalue weighted by atomic mass is 9.98. The molecule has 0 saturated carbocycles. The van der Waals surface area contributed by atoms with E-state index in [1.54, 1.807) is 56.0 Å². The predicted molar refractivity (Wildman–Crippen MR) is 289 cm³/mol. The van der Waals surface area contributed by atoms with Crippen molar-refractivity contribution in [3.8, 4) is 0 Å². The zero-order valence-electron chi connectivity index (χ0n) is 48.6. The third-order valence-electron chi connectivity index (χ3n) is 14.4. The minimum atomic E-state index is -1.60. The number of nitrogens with one attached hydrogen (secondary N) is 3. The number of amides is 10. The minimum Gasteiger partial charge on any atom is -0.391 e. The van der Waals surface area contributed by atoms with Crippen molar-refractivity contribution < 1.29 is 57.8 Å². The van der Waals surface area contributed by atoms with E-state index in [9.17, 15) is 53.1 Å². The van der Waals surface area contributed by atoms with Gasteiger partial charge in [0.05, 0.1) is 31.3 Å².